The lowest BCUT2D eigenvalue weighted by atomic mass is 10.1. The summed E-state index contributed by atoms with van der Waals surface area (Å²) in [6, 6.07) is 7.67. The molecule has 0 radical (unpaired) electrons. The van der Waals surface area contributed by atoms with Gasteiger partial charge in [-0.25, -0.2) is 4.98 Å². The number of imidazole rings is 1. The van der Waals surface area contributed by atoms with Crippen LogP contribution < -0.4 is 5.32 Å². The van der Waals surface area contributed by atoms with Gasteiger partial charge in [-0.2, -0.15) is 0 Å². The van der Waals surface area contributed by atoms with Crippen LogP contribution in [-0.4, -0.2) is 22.4 Å². The summed E-state index contributed by atoms with van der Waals surface area (Å²) in [5.74, 6) is 0.284. The van der Waals surface area contributed by atoms with Crippen molar-refractivity contribution in [1.82, 2.24) is 15.3 Å². The molecule has 0 aliphatic carbocycles. The van der Waals surface area contributed by atoms with E-state index in [0.717, 1.165) is 24.0 Å². The monoisotopic (exact) mass is 273 g/mol. The van der Waals surface area contributed by atoms with Crippen LogP contribution in [-0.2, 0) is 0 Å². The number of nitrogens with zero attached hydrogens (tertiary/aromatic N) is 1. The van der Waals surface area contributed by atoms with Gasteiger partial charge in [0.25, 0.3) is 5.91 Å². The van der Waals surface area contributed by atoms with Crippen molar-refractivity contribution in [3.63, 3.8) is 0 Å². The van der Waals surface area contributed by atoms with Gasteiger partial charge in [0, 0.05) is 6.54 Å². The van der Waals surface area contributed by atoms with E-state index in [0.29, 0.717) is 5.82 Å². The standard InChI is InChI=1S/C16H23N3O/c1-2-3-4-5-6-9-12-17-16(20)15-18-13-10-7-8-11-14(13)19-15/h7-8,10-11H,2-6,9,12H2,1H3,(H,17,20)(H,18,19). The number of aromatic nitrogens is 2. The topological polar surface area (TPSA) is 57.8 Å². The van der Waals surface area contributed by atoms with Crippen molar-refractivity contribution >= 4 is 16.9 Å². The predicted molar refractivity (Wildman–Crippen MR) is 81.8 cm³/mol. The van der Waals surface area contributed by atoms with Crippen LogP contribution >= 0.6 is 0 Å². The van der Waals surface area contributed by atoms with Crippen LogP contribution in [0.1, 0.15) is 56.1 Å². The zero-order valence-corrected chi connectivity index (χ0v) is 12.1. The number of para-hydroxylation sites is 2. The highest BCUT2D eigenvalue weighted by Gasteiger charge is 2.09. The van der Waals surface area contributed by atoms with E-state index in [-0.39, 0.29) is 5.91 Å². The summed E-state index contributed by atoms with van der Waals surface area (Å²) in [6.45, 7) is 2.94. The number of carbonyl (C=O) groups is 1. The van der Waals surface area contributed by atoms with Gasteiger partial charge < -0.3 is 10.3 Å². The molecule has 0 saturated heterocycles. The lowest BCUT2D eigenvalue weighted by molar-refractivity contribution is 0.0944. The number of rotatable bonds is 8. The Labute approximate surface area is 120 Å². The molecule has 2 rings (SSSR count). The molecule has 2 aromatic rings. The summed E-state index contributed by atoms with van der Waals surface area (Å²) in [5.41, 5.74) is 1.73. The number of hydrogen-bond acceptors (Lipinski definition) is 2. The molecule has 4 nitrogen and oxygen atoms in total. The molecule has 2 N–H and O–H groups in total. The first-order chi connectivity index (χ1) is 9.81. The van der Waals surface area contributed by atoms with E-state index in [1.807, 2.05) is 24.3 Å². The van der Waals surface area contributed by atoms with E-state index in [2.05, 4.69) is 22.2 Å². The number of carbonyl (C=O) groups excluding carboxylic acids is 1. The molecule has 0 saturated carbocycles. The molecule has 1 heterocycles. The zero-order valence-electron chi connectivity index (χ0n) is 12.1. The van der Waals surface area contributed by atoms with Crippen LogP contribution in [0.5, 0.6) is 0 Å². The third-order valence-electron chi connectivity index (χ3n) is 3.42. The summed E-state index contributed by atoms with van der Waals surface area (Å²) < 4.78 is 0. The smallest absolute Gasteiger partial charge is 0.287 e. The van der Waals surface area contributed by atoms with Gasteiger partial charge in [-0.1, -0.05) is 51.2 Å². The number of amides is 1. The van der Waals surface area contributed by atoms with E-state index >= 15 is 0 Å². The van der Waals surface area contributed by atoms with Crippen molar-refractivity contribution in [2.75, 3.05) is 6.54 Å². The summed E-state index contributed by atoms with van der Waals surface area (Å²) in [6.07, 6.45) is 7.35. The van der Waals surface area contributed by atoms with Crippen molar-refractivity contribution in [2.45, 2.75) is 45.4 Å². The highest BCUT2D eigenvalue weighted by Crippen LogP contribution is 2.10. The fourth-order valence-electron chi connectivity index (χ4n) is 2.25. The molecule has 4 heteroatoms. The zero-order chi connectivity index (χ0) is 14.2. The average molecular weight is 273 g/mol. The molecule has 0 spiro atoms. The molecule has 0 bridgehead atoms. The Morgan fingerprint density at radius 3 is 2.70 bits per heavy atom. The molecule has 1 amide bonds. The lowest BCUT2D eigenvalue weighted by Crippen LogP contribution is -2.25. The van der Waals surface area contributed by atoms with Gasteiger partial charge >= 0.3 is 0 Å². The summed E-state index contributed by atoms with van der Waals surface area (Å²) >= 11 is 0. The van der Waals surface area contributed by atoms with Crippen LogP contribution in [0.15, 0.2) is 24.3 Å². The van der Waals surface area contributed by atoms with Gasteiger partial charge in [-0.3, -0.25) is 4.79 Å². The highest BCUT2D eigenvalue weighted by molar-refractivity contribution is 5.94. The molecule has 20 heavy (non-hydrogen) atoms. The van der Waals surface area contributed by atoms with E-state index in [4.69, 9.17) is 0 Å². The van der Waals surface area contributed by atoms with Crippen LogP contribution in [0.2, 0.25) is 0 Å². The molecular weight excluding hydrogens is 250 g/mol. The number of hydrogen-bond donors (Lipinski definition) is 2. The van der Waals surface area contributed by atoms with E-state index in [1.165, 1.54) is 32.1 Å². The molecule has 108 valence electrons. The normalized spacial score (nSPS) is 10.8. The van der Waals surface area contributed by atoms with Crippen molar-refractivity contribution in [3.8, 4) is 0 Å². The molecule has 0 unspecified atom stereocenters. The van der Waals surface area contributed by atoms with Crippen molar-refractivity contribution in [1.29, 1.82) is 0 Å². The maximum atomic E-state index is 11.9. The molecule has 0 aliphatic rings. The van der Waals surface area contributed by atoms with E-state index in [9.17, 15) is 4.79 Å². The van der Waals surface area contributed by atoms with Gasteiger partial charge in [0.05, 0.1) is 11.0 Å². The maximum absolute atomic E-state index is 11.9. The van der Waals surface area contributed by atoms with Crippen LogP contribution in [0.4, 0.5) is 0 Å². The number of benzene rings is 1. The second kappa shape index (κ2) is 7.68. The van der Waals surface area contributed by atoms with E-state index in [1.54, 1.807) is 0 Å². The van der Waals surface area contributed by atoms with Crippen molar-refractivity contribution in [3.05, 3.63) is 30.1 Å². The van der Waals surface area contributed by atoms with Crippen LogP contribution in [0.25, 0.3) is 11.0 Å². The average Bonchev–Trinajstić information content (AvgIpc) is 2.90. The molecule has 0 atom stereocenters. The molecule has 1 aromatic heterocycles. The van der Waals surface area contributed by atoms with Gasteiger partial charge in [-0.15, -0.1) is 0 Å². The minimum atomic E-state index is -0.116. The second-order valence-corrected chi connectivity index (χ2v) is 5.13. The van der Waals surface area contributed by atoms with Crippen LogP contribution in [0, 0.1) is 0 Å². The Balaban J connectivity index is 1.72. The van der Waals surface area contributed by atoms with Gasteiger partial charge in [0.15, 0.2) is 5.82 Å². The van der Waals surface area contributed by atoms with Crippen LogP contribution in [0.3, 0.4) is 0 Å². The third kappa shape index (κ3) is 4.08. The fourth-order valence-corrected chi connectivity index (χ4v) is 2.25. The minimum Gasteiger partial charge on any atom is -0.349 e. The molecule has 0 fully saturated rings. The predicted octanol–water partition coefficient (Wildman–Crippen LogP) is 3.65. The number of nitrogens with one attached hydrogen (secondary N) is 2. The highest BCUT2D eigenvalue weighted by atomic mass is 16.2. The number of unbranched alkanes of at least 4 members (excludes halogenated alkanes) is 5. The Kier molecular flexibility index (Phi) is 5.59. The van der Waals surface area contributed by atoms with Gasteiger partial charge in [-0.05, 0) is 18.6 Å². The Morgan fingerprint density at radius 1 is 1.15 bits per heavy atom. The summed E-state index contributed by atoms with van der Waals surface area (Å²) in [7, 11) is 0. The summed E-state index contributed by atoms with van der Waals surface area (Å²) in [4.78, 5) is 19.3. The third-order valence-corrected chi connectivity index (χ3v) is 3.42. The SMILES string of the molecule is CCCCCCCCNC(=O)c1nc2ccccc2[nH]1. The number of aromatic amines is 1. The maximum Gasteiger partial charge on any atom is 0.287 e. The van der Waals surface area contributed by atoms with Gasteiger partial charge in [0.1, 0.15) is 0 Å². The van der Waals surface area contributed by atoms with E-state index < -0.39 is 0 Å². The largest absolute Gasteiger partial charge is 0.349 e. The van der Waals surface area contributed by atoms with Crippen molar-refractivity contribution < 1.29 is 4.79 Å². The first-order valence-corrected chi connectivity index (χ1v) is 7.54. The molecule has 1 aromatic carbocycles. The Bertz CT molecular complexity index is 514. The quantitative estimate of drug-likeness (QED) is 0.721. The minimum absolute atomic E-state index is 0.116. The fraction of sp³-hybridized carbons (Fsp3) is 0.500. The molecular formula is C16H23N3O. The Morgan fingerprint density at radius 2 is 1.90 bits per heavy atom. The first-order valence-electron chi connectivity index (χ1n) is 7.54. The number of H-pyrrole nitrogens is 1. The number of fused-ring (bicyclic) bond motifs is 1. The Hall–Kier alpha value is -1.84. The van der Waals surface area contributed by atoms with Gasteiger partial charge in [0.2, 0.25) is 0 Å². The first kappa shape index (κ1) is 14.6. The van der Waals surface area contributed by atoms with Crippen molar-refractivity contribution in [2.24, 2.45) is 0 Å². The summed E-state index contributed by atoms with van der Waals surface area (Å²) in [5, 5.41) is 2.92. The lowest BCUT2D eigenvalue weighted by Gasteiger charge is -2.03. The second-order valence-electron chi connectivity index (χ2n) is 5.13. The molecule has 0 aliphatic heterocycles.